The number of carbonyl (C=O) groups excluding carboxylic acids is 1. The van der Waals surface area contributed by atoms with Gasteiger partial charge in [-0.2, -0.15) is 4.31 Å². The zero-order chi connectivity index (χ0) is 21.7. The first-order chi connectivity index (χ1) is 14.4. The van der Waals surface area contributed by atoms with Gasteiger partial charge in [-0.3, -0.25) is 4.79 Å². The highest BCUT2D eigenvalue weighted by atomic mass is 32.2. The Morgan fingerprint density at radius 2 is 1.67 bits per heavy atom. The molecule has 1 N–H and O–H groups in total. The number of rotatable bonds is 8. The van der Waals surface area contributed by atoms with Crippen molar-refractivity contribution in [2.24, 2.45) is 0 Å². The number of amides is 1. The molecule has 0 atom stereocenters. The molecule has 0 saturated carbocycles. The summed E-state index contributed by atoms with van der Waals surface area (Å²) in [5.74, 6) is 0.328. The molecule has 7 nitrogen and oxygen atoms in total. The normalized spacial score (nSPS) is 11.5. The molecule has 0 aromatic heterocycles. The van der Waals surface area contributed by atoms with Crippen LogP contribution in [0.15, 0.2) is 65.6 Å². The minimum Gasteiger partial charge on any atom is -0.493 e. The van der Waals surface area contributed by atoms with Gasteiger partial charge in [-0.05, 0) is 28.5 Å². The lowest BCUT2D eigenvalue weighted by molar-refractivity contribution is -0.121. The molecule has 0 heterocycles. The van der Waals surface area contributed by atoms with E-state index in [1.54, 1.807) is 0 Å². The van der Waals surface area contributed by atoms with E-state index < -0.39 is 15.9 Å². The number of fused-ring (bicyclic) bond motifs is 1. The number of hydrogen-bond acceptors (Lipinski definition) is 5. The van der Waals surface area contributed by atoms with Gasteiger partial charge in [-0.25, -0.2) is 8.42 Å². The first kappa shape index (κ1) is 21.6. The number of sulfonamides is 1. The summed E-state index contributed by atoms with van der Waals surface area (Å²) < 4.78 is 37.0. The maximum absolute atomic E-state index is 12.8. The van der Waals surface area contributed by atoms with E-state index in [0.29, 0.717) is 18.0 Å². The fourth-order valence-electron chi connectivity index (χ4n) is 3.14. The lowest BCUT2D eigenvalue weighted by Crippen LogP contribution is -2.38. The van der Waals surface area contributed by atoms with Gasteiger partial charge in [0.1, 0.15) is 0 Å². The average Bonchev–Trinajstić information content (AvgIpc) is 2.76. The number of hydrogen-bond donors (Lipinski definition) is 1. The van der Waals surface area contributed by atoms with Crippen LogP contribution in [0.5, 0.6) is 11.5 Å². The summed E-state index contributed by atoms with van der Waals surface area (Å²) in [4.78, 5) is 12.4. The second-order valence-corrected chi connectivity index (χ2v) is 8.74. The van der Waals surface area contributed by atoms with Crippen LogP contribution in [0, 0.1) is 0 Å². The molecule has 3 aromatic carbocycles. The van der Waals surface area contributed by atoms with Crippen LogP contribution in [0.4, 0.5) is 0 Å². The second-order valence-electron chi connectivity index (χ2n) is 6.69. The molecule has 0 bridgehead atoms. The Balaban J connectivity index is 1.69. The predicted molar refractivity (Wildman–Crippen MR) is 115 cm³/mol. The molecule has 1 amide bonds. The third-order valence-electron chi connectivity index (χ3n) is 4.79. The Morgan fingerprint density at radius 3 is 2.40 bits per heavy atom. The van der Waals surface area contributed by atoms with E-state index in [1.165, 1.54) is 39.5 Å². The molecule has 30 heavy (non-hydrogen) atoms. The van der Waals surface area contributed by atoms with Crippen molar-refractivity contribution in [2.45, 2.75) is 11.4 Å². The van der Waals surface area contributed by atoms with Crippen LogP contribution >= 0.6 is 0 Å². The second kappa shape index (κ2) is 9.15. The fraction of sp³-hybridized carbons (Fsp3) is 0.227. The van der Waals surface area contributed by atoms with Crippen molar-refractivity contribution in [1.29, 1.82) is 0 Å². The van der Waals surface area contributed by atoms with Crippen LogP contribution < -0.4 is 14.8 Å². The lowest BCUT2D eigenvalue weighted by Gasteiger charge is -2.18. The minimum atomic E-state index is -3.87. The lowest BCUT2D eigenvalue weighted by atomic mass is 10.0. The quantitative estimate of drug-likeness (QED) is 0.596. The van der Waals surface area contributed by atoms with Crippen LogP contribution in [0.3, 0.4) is 0 Å². The molecule has 0 aliphatic rings. The van der Waals surface area contributed by atoms with Crippen molar-refractivity contribution in [2.75, 3.05) is 27.8 Å². The van der Waals surface area contributed by atoms with Gasteiger partial charge in [-0.15, -0.1) is 0 Å². The van der Waals surface area contributed by atoms with Crippen LogP contribution in [0.25, 0.3) is 10.8 Å². The number of methoxy groups -OCH3 is 2. The van der Waals surface area contributed by atoms with E-state index in [1.807, 2.05) is 42.5 Å². The summed E-state index contributed by atoms with van der Waals surface area (Å²) in [6.07, 6.45) is 0. The molecule has 0 spiro atoms. The van der Waals surface area contributed by atoms with E-state index >= 15 is 0 Å². The Labute approximate surface area is 176 Å². The summed E-state index contributed by atoms with van der Waals surface area (Å²) in [6.45, 7) is 0.00583. The molecular formula is C22H24N2O5S. The van der Waals surface area contributed by atoms with Gasteiger partial charge in [0, 0.05) is 19.7 Å². The Morgan fingerprint density at radius 1 is 0.967 bits per heavy atom. The molecule has 0 aliphatic carbocycles. The summed E-state index contributed by atoms with van der Waals surface area (Å²) in [7, 11) is 0.392. The zero-order valence-electron chi connectivity index (χ0n) is 17.1. The Hall–Kier alpha value is -3.10. The maximum Gasteiger partial charge on any atom is 0.243 e. The molecule has 8 heteroatoms. The van der Waals surface area contributed by atoms with Crippen molar-refractivity contribution in [3.8, 4) is 11.5 Å². The van der Waals surface area contributed by atoms with Crippen LogP contribution in [0.1, 0.15) is 5.56 Å². The molecule has 0 fully saturated rings. The molecule has 0 unspecified atom stereocenters. The van der Waals surface area contributed by atoms with Gasteiger partial charge in [-0.1, -0.05) is 42.5 Å². The number of nitrogens with one attached hydrogen (secondary N) is 1. The summed E-state index contributed by atoms with van der Waals surface area (Å²) in [5, 5.41) is 4.93. The summed E-state index contributed by atoms with van der Waals surface area (Å²) in [6, 6.07) is 18.1. The first-order valence-corrected chi connectivity index (χ1v) is 10.7. The zero-order valence-corrected chi connectivity index (χ0v) is 17.9. The van der Waals surface area contributed by atoms with E-state index in [2.05, 4.69) is 5.32 Å². The van der Waals surface area contributed by atoms with E-state index in [0.717, 1.165) is 20.6 Å². The molecule has 0 saturated heterocycles. The summed E-state index contributed by atoms with van der Waals surface area (Å²) in [5.41, 5.74) is 0.965. The SMILES string of the molecule is COc1ccc(S(=O)(=O)N(C)CC(=O)NCc2cccc3ccccc23)cc1OC. The Kier molecular flexibility index (Phi) is 6.59. The minimum absolute atomic E-state index is 0.0181. The molecule has 3 aromatic rings. The van der Waals surface area contributed by atoms with Gasteiger partial charge in [0.25, 0.3) is 0 Å². The number of carbonyl (C=O) groups is 1. The van der Waals surface area contributed by atoms with Crippen molar-refractivity contribution >= 4 is 26.7 Å². The molecule has 3 rings (SSSR count). The largest absolute Gasteiger partial charge is 0.493 e. The standard InChI is InChI=1S/C22H24N2O5S/c1-24(30(26,27)18-11-12-20(28-2)21(13-18)29-3)15-22(25)23-14-17-9-6-8-16-7-4-5-10-19(16)17/h4-13H,14-15H2,1-3H3,(H,23,25). The van der Waals surface area contributed by atoms with Crippen LogP contribution in [-0.2, 0) is 21.4 Å². The van der Waals surface area contributed by atoms with Gasteiger partial charge >= 0.3 is 0 Å². The highest BCUT2D eigenvalue weighted by Gasteiger charge is 2.24. The monoisotopic (exact) mass is 428 g/mol. The topological polar surface area (TPSA) is 84.9 Å². The van der Waals surface area contributed by atoms with E-state index in [9.17, 15) is 13.2 Å². The predicted octanol–water partition coefficient (Wildman–Crippen LogP) is 2.79. The number of likely N-dealkylation sites (N-methyl/N-ethyl adjacent to an activating group) is 1. The van der Waals surface area contributed by atoms with E-state index in [4.69, 9.17) is 9.47 Å². The third-order valence-corrected chi connectivity index (χ3v) is 6.58. The summed E-state index contributed by atoms with van der Waals surface area (Å²) >= 11 is 0. The molecule has 0 aliphatic heterocycles. The van der Waals surface area contributed by atoms with Crippen molar-refractivity contribution in [1.82, 2.24) is 9.62 Å². The van der Waals surface area contributed by atoms with Crippen molar-refractivity contribution in [3.05, 3.63) is 66.2 Å². The highest BCUT2D eigenvalue weighted by molar-refractivity contribution is 7.89. The van der Waals surface area contributed by atoms with Crippen molar-refractivity contribution < 1.29 is 22.7 Å². The molecule has 0 radical (unpaired) electrons. The fourth-order valence-corrected chi connectivity index (χ4v) is 4.28. The third kappa shape index (κ3) is 4.55. The van der Waals surface area contributed by atoms with Crippen LogP contribution in [0.2, 0.25) is 0 Å². The number of ether oxygens (including phenoxy) is 2. The van der Waals surface area contributed by atoms with Gasteiger partial charge in [0.05, 0.1) is 25.7 Å². The van der Waals surface area contributed by atoms with Gasteiger partial charge in [0.15, 0.2) is 11.5 Å². The van der Waals surface area contributed by atoms with E-state index in [-0.39, 0.29) is 11.4 Å². The molecule has 158 valence electrons. The Bertz CT molecular complexity index is 1160. The van der Waals surface area contributed by atoms with Gasteiger partial charge in [0.2, 0.25) is 15.9 Å². The number of benzene rings is 3. The van der Waals surface area contributed by atoms with Gasteiger partial charge < -0.3 is 14.8 Å². The molecular weight excluding hydrogens is 404 g/mol. The first-order valence-electron chi connectivity index (χ1n) is 9.28. The maximum atomic E-state index is 12.8. The number of nitrogens with zero attached hydrogens (tertiary/aromatic N) is 1. The smallest absolute Gasteiger partial charge is 0.243 e. The highest BCUT2D eigenvalue weighted by Crippen LogP contribution is 2.30. The van der Waals surface area contributed by atoms with Crippen LogP contribution in [-0.4, -0.2) is 46.4 Å². The average molecular weight is 429 g/mol. The van der Waals surface area contributed by atoms with Crippen molar-refractivity contribution in [3.63, 3.8) is 0 Å².